The lowest BCUT2D eigenvalue weighted by Gasteiger charge is -2.24. The quantitative estimate of drug-likeness (QED) is 0.0213. The zero-order valence-electron chi connectivity index (χ0n) is 45.5. The monoisotopic (exact) mass is 987 g/mol. The lowest BCUT2D eigenvalue weighted by Crippen LogP contribution is -2.37. The summed E-state index contributed by atoms with van der Waals surface area (Å²) in [6.07, 6.45) is 70.7. The average Bonchev–Trinajstić information content (AvgIpc) is 3.31. The van der Waals surface area contributed by atoms with Crippen LogP contribution >= 0.6 is 7.82 Å². The van der Waals surface area contributed by atoms with Crippen molar-refractivity contribution in [1.82, 2.24) is 0 Å². The first-order valence-electron chi connectivity index (χ1n) is 28.3. The van der Waals surface area contributed by atoms with Gasteiger partial charge in [0.15, 0.2) is 0 Å². The molecule has 8 nitrogen and oxygen atoms in total. The molecule has 1 N–H and O–H groups in total. The summed E-state index contributed by atoms with van der Waals surface area (Å²) < 4.78 is 35.2. The highest BCUT2D eigenvalue weighted by Gasteiger charge is 2.26. The number of carbonyl (C=O) groups excluding carboxylic acids is 1. The smallest absolute Gasteiger partial charge is 0.457 e. The van der Waals surface area contributed by atoms with Gasteiger partial charge in [0.1, 0.15) is 19.3 Å². The molecule has 0 radical (unpaired) electrons. The Bertz CT molecular complexity index is 1380. The van der Waals surface area contributed by atoms with Gasteiger partial charge in [-0.3, -0.25) is 13.8 Å². The summed E-state index contributed by atoms with van der Waals surface area (Å²) in [7, 11) is 1.65. The molecule has 0 amide bonds. The van der Waals surface area contributed by atoms with E-state index >= 15 is 0 Å². The highest BCUT2D eigenvalue weighted by molar-refractivity contribution is 7.47. The Morgan fingerprint density at radius 3 is 1.26 bits per heavy atom. The Morgan fingerprint density at radius 1 is 0.464 bits per heavy atom. The number of likely N-dealkylation sites (N-methyl/N-ethyl adjacent to an activating group) is 1. The lowest BCUT2D eigenvalue weighted by molar-refractivity contribution is -0.870. The molecule has 0 aliphatic rings. The zero-order chi connectivity index (χ0) is 50.5. The first kappa shape index (κ1) is 66.7. The Kier molecular flexibility index (Phi) is 50.3. The number of quaternary nitrogens is 1. The van der Waals surface area contributed by atoms with Crippen molar-refractivity contribution in [2.24, 2.45) is 0 Å². The molecule has 2 unspecified atom stereocenters. The maximum absolute atomic E-state index is 12.8. The van der Waals surface area contributed by atoms with Crippen LogP contribution in [0.15, 0.2) is 85.1 Å². The highest BCUT2D eigenvalue weighted by Crippen LogP contribution is 2.43. The van der Waals surface area contributed by atoms with Crippen LogP contribution in [-0.2, 0) is 27.9 Å². The Balaban J connectivity index is 4.12. The van der Waals surface area contributed by atoms with Crippen molar-refractivity contribution in [2.45, 2.75) is 238 Å². The number of allylic oxidation sites excluding steroid dienone is 14. The molecule has 0 aromatic rings. The van der Waals surface area contributed by atoms with E-state index in [1.54, 1.807) is 0 Å². The highest BCUT2D eigenvalue weighted by atomic mass is 31.2. The van der Waals surface area contributed by atoms with Gasteiger partial charge in [0, 0.05) is 13.0 Å². The van der Waals surface area contributed by atoms with Crippen molar-refractivity contribution in [1.29, 1.82) is 0 Å². The van der Waals surface area contributed by atoms with Crippen LogP contribution in [0.5, 0.6) is 0 Å². The summed E-state index contributed by atoms with van der Waals surface area (Å²) in [4.78, 5) is 23.1. The number of hydrogen-bond acceptors (Lipinski definition) is 6. The van der Waals surface area contributed by atoms with Crippen LogP contribution in [0, 0.1) is 0 Å². The molecule has 0 fully saturated rings. The van der Waals surface area contributed by atoms with Crippen LogP contribution in [0.2, 0.25) is 0 Å². The molecule has 9 heteroatoms. The van der Waals surface area contributed by atoms with E-state index in [-0.39, 0.29) is 25.8 Å². The molecule has 0 heterocycles. The second-order valence-electron chi connectivity index (χ2n) is 19.9. The summed E-state index contributed by atoms with van der Waals surface area (Å²) in [5.74, 6) is -0.326. The summed E-state index contributed by atoms with van der Waals surface area (Å²) in [6, 6.07) is 0. The molecule has 0 bridgehead atoms. The molecular weight excluding hydrogens is 878 g/mol. The van der Waals surface area contributed by atoms with E-state index < -0.39 is 13.9 Å². The van der Waals surface area contributed by atoms with Gasteiger partial charge in [-0.25, -0.2) is 4.57 Å². The SMILES string of the molecule is CC/C=C\C/C=C\C/C=C\C/C=C\CCCCCCCCCCCCCCCOCC(COP(=O)(O)OCC[N+](C)(C)C)OC(=O)CCCCCCCC/C=C\C/C=C\C/C=C\CCCCCCC. The molecule has 69 heavy (non-hydrogen) atoms. The third-order valence-corrected chi connectivity index (χ3v) is 12.9. The molecule has 0 aromatic heterocycles. The normalized spacial score (nSPS) is 14.1. The van der Waals surface area contributed by atoms with Gasteiger partial charge in [-0.1, -0.05) is 221 Å². The number of ether oxygens (including phenoxy) is 2. The predicted molar refractivity (Wildman–Crippen MR) is 298 cm³/mol. The Morgan fingerprint density at radius 2 is 0.841 bits per heavy atom. The maximum atomic E-state index is 12.8. The number of rotatable bonds is 52. The Hall–Kier alpha value is -2.32. The fourth-order valence-electron chi connectivity index (χ4n) is 7.61. The van der Waals surface area contributed by atoms with Gasteiger partial charge < -0.3 is 18.9 Å². The molecule has 0 aliphatic carbocycles. The first-order chi connectivity index (χ1) is 33.6. The minimum Gasteiger partial charge on any atom is -0.457 e. The third-order valence-electron chi connectivity index (χ3n) is 11.9. The molecule has 0 rings (SSSR count). The van der Waals surface area contributed by atoms with Crippen molar-refractivity contribution >= 4 is 13.8 Å². The number of carbonyl (C=O) groups is 1. The molecule has 0 aromatic carbocycles. The van der Waals surface area contributed by atoms with Crippen LogP contribution in [0.3, 0.4) is 0 Å². The minimum atomic E-state index is -4.29. The number of hydrogen-bond donors (Lipinski definition) is 1. The van der Waals surface area contributed by atoms with Gasteiger partial charge >= 0.3 is 13.8 Å². The Labute approximate surface area is 426 Å². The summed E-state index contributed by atoms with van der Waals surface area (Å²) in [5, 5.41) is 0. The van der Waals surface area contributed by atoms with Gasteiger partial charge in [0.2, 0.25) is 0 Å². The van der Waals surface area contributed by atoms with Crippen molar-refractivity contribution in [3.8, 4) is 0 Å². The molecule has 0 saturated carbocycles. The van der Waals surface area contributed by atoms with Crippen molar-refractivity contribution in [2.75, 3.05) is 54.1 Å². The zero-order valence-corrected chi connectivity index (χ0v) is 46.4. The third kappa shape index (κ3) is 56.5. The van der Waals surface area contributed by atoms with Gasteiger partial charge in [-0.05, 0) is 89.9 Å². The number of phosphoric acid groups is 1. The molecular formula is C60H109NO7P+. The van der Waals surface area contributed by atoms with Crippen LogP contribution in [-0.4, -0.2) is 75.6 Å². The van der Waals surface area contributed by atoms with E-state index in [9.17, 15) is 14.3 Å². The van der Waals surface area contributed by atoms with E-state index in [0.29, 0.717) is 24.1 Å². The second-order valence-corrected chi connectivity index (χ2v) is 21.4. The van der Waals surface area contributed by atoms with E-state index in [4.69, 9.17) is 18.5 Å². The average molecular weight is 988 g/mol. The van der Waals surface area contributed by atoms with E-state index in [1.165, 1.54) is 128 Å². The standard InChI is InChI=1S/C60H108NO7P/c1-6-8-10-12-14-16-18-20-22-24-26-28-29-30-31-32-34-36-38-40-42-44-46-48-50-52-55-65-57-59(58-67-69(63,64)66-56-54-61(3,4)5)68-60(62)53-51-49-47-45-43-41-39-37-35-33-27-25-23-21-19-17-15-13-11-9-7-2/h8,10,14,16,19-22,25-28,35,37,59H,6-7,9,11-13,15,17-18,23-24,29-34,36,38-58H2,1-5H3/p+1/b10-8-,16-14-,21-19-,22-20-,27-25-,28-26-,37-35-. The minimum absolute atomic E-state index is 0.0821. The number of esters is 1. The van der Waals surface area contributed by atoms with Crippen LogP contribution in [0.1, 0.15) is 232 Å². The largest absolute Gasteiger partial charge is 0.472 e. The van der Waals surface area contributed by atoms with Crippen LogP contribution in [0.4, 0.5) is 0 Å². The summed E-state index contributed by atoms with van der Waals surface area (Å²) >= 11 is 0. The van der Waals surface area contributed by atoms with Crippen LogP contribution < -0.4 is 0 Å². The van der Waals surface area contributed by atoms with E-state index in [2.05, 4.69) is 98.9 Å². The van der Waals surface area contributed by atoms with Gasteiger partial charge in [0.05, 0.1) is 34.4 Å². The van der Waals surface area contributed by atoms with Gasteiger partial charge in [-0.2, -0.15) is 0 Å². The van der Waals surface area contributed by atoms with E-state index in [0.717, 1.165) is 83.5 Å². The second kappa shape index (κ2) is 52.0. The van der Waals surface area contributed by atoms with E-state index in [1.807, 2.05) is 21.1 Å². The van der Waals surface area contributed by atoms with Crippen LogP contribution in [0.25, 0.3) is 0 Å². The molecule has 2 atom stereocenters. The molecule has 400 valence electrons. The number of phosphoric ester groups is 1. The van der Waals surface area contributed by atoms with Gasteiger partial charge in [0.25, 0.3) is 0 Å². The summed E-state index contributed by atoms with van der Waals surface area (Å²) in [5.41, 5.74) is 0. The molecule has 0 saturated heterocycles. The lowest BCUT2D eigenvalue weighted by atomic mass is 10.0. The fourth-order valence-corrected chi connectivity index (χ4v) is 8.35. The van der Waals surface area contributed by atoms with Crippen molar-refractivity contribution in [3.63, 3.8) is 0 Å². The van der Waals surface area contributed by atoms with Crippen molar-refractivity contribution in [3.05, 3.63) is 85.1 Å². The summed E-state index contributed by atoms with van der Waals surface area (Å²) in [6.45, 7) is 5.49. The predicted octanol–water partition coefficient (Wildman–Crippen LogP) is 18.0. The van der Waals surface area contributed by atoms with Gasteiger partial charge in [-0.15, -0.1) is 0 Å². The topological polar surface area (TPSA) is 91.3 Å². The number of unbranched alkanes of at least 4 members (excludes halogenated alkanes) is 24. The fraction of sp³-hybridized carbons (Fsp3) is 0.750. The maximum Gasteiger partial charge on any atom is 0.472 e. The first-order valence-corrected chi connectivity index (χ1v) is 29.8. The molecule has 0 spiro atoms. The number of nitrogens with zero attached hydrogens (tertiary/aromatic N) is 1. The van der Waals surface area contributed by atoms with Crippen molar-refractivity contribution < 1.29 is 37.3 Å². The molecule has 0 aliphatic heterocycles.